The van der Waals surface area contributed by atoms with Crippen LogP contribution in [-0.4, -0.2) is 60.5 Å². The third kappa shape index (κ3) is 4.33. The smallest absolute Gasteiger partial charge is 0.228 e. The van der Waals surface area contributed by atoms with Crippen molar-refractivity contribution in [2.75, 3.05) is 54.5 Å². The molecule has 27 heavy (non-hydrogen) atoms. The van der Waals surface area contributed by atoms with Crippen LogP contribution in [0, 0.1) is 5.92 Å². The van der Waals surface area contributed by atoms with Crippen molar-refractivity contribution in [1.29, 1.82) is 0 Å². The van der Waals surface area contributed by atoms with Gasteiger partial charge in [-0.25, -0.2) is 4.98 Å². The first-order chi connectivity index (χ1) is 13.3. The molecule has 4 heterocycles. The van der Waals surface area contributed by atoms with Crippen molar-refractivity contribution in [3.05, 3.63) is 36.5 Å². The molecule has 2 aromatic heterocycles. The number of pyridine rings is 1. The molecule has 0 radical (unpaired) electrons. The molecule has 2 fully saturated rings. The molecular formula is C19H24N6O2. The van der Waals surface area contributed by atoms with Crippen LogP contribution in [0.3, 0.4) is 0 Å². The highest BCUT2D eigenvalue weighted by atomic mass is 16.5. The third-order valence-electron chi connectivity index (χ3n) is 5.07. The van der Waals surface area contributed by atoms with Crippen molar-refractivity contribution < 1.29 is 9.53 Å². The summed E-state index contributed by atoms with van der Waals surface area (Å²) in [6, 6.07) is 9.71. The molecule has 1 amide bonds. The zero-order valence-corrected chi connectivity index (χ0v) is 15.3. The lowest BCUT2D eigenvalue weighted by molar-refractivity contribution is -0.122. The molecule has 8 heteroatoms. The van der Waals surface area contributed by atoms with Crippen LogP contribution >= 0.6 is 0 Å². The molecular weight excluding hydrogens is 344 g/mol. The van der Waals surface area contributed by atoms with Crippen molar-refractivity contribution in [2.24, 2.45) is 5.92 Å². The molecule has 8 nitrogen and oxygen atoms in total. The summed E-state index contributed by atoms with van der Waals surface area (Å²) in [6.07, 6.45) is 3.34. The van der Waals surface area contributed by atoms with E-state index in [9.17, 15) is 4.79 Å². The number of rotatable bonds is 4. The van der Waals surface area contributed by atoms with Gasteiger partial charge in [-0.2, -0.15) is 0 Å². The van der Waals surface area contributed by atoms with Gasteiger partial charge in [-0.3, -0.25) is 4.79 Å². The Morgan fingerprint density at radius 2 is 1.70 bits per heavy atom. The number of carbonyl (C=O) groups is 1. The van der Waals surface area contributed by atoms with Gasteiger partial charge < -0.3 is 19.9 Å². The van der Waals surface area contributed by atoms with Gasteiger partial charge in [0.15, 0.2) is 11.6 Å². The Kier molecular flexibility index (Phi) is 5.43. The van der Waals surface area contributed by atoms with E-state index in [2.05, 4.69) is 30.3 Å². The summed E-state index contributed by atoms with van der Waals surface area (Å²) in [5.74, 6) is 2.35. The lowest BCUT2D eigenvalue weighted by Gasteiger charge is -2.35. The van der Waals surface area contributed by atoms with E-state index in [1.807, 2.05) is 36.5 Å². The predicted molar refractivity (Wildman–Crippen MR) is 103 cm³/mol. The van der Waals surface area contributed by atoms with E-state index in [1.165, 1.54) is 0 Å². The van der Waals surface area contributed by atoms with Crippen LogP contribution in [0.5, 0.6) is 0 Å². The van der Waals surface area contributed by atoms with Gasteiger partial charge >= 0.3 is 0 Å². The van der Waals surface area contributed by atoms with Crippen molar-refractivity contribution in [2.45, 2.75) is 12.8 Å². The van der Waals surface area contributed by atoms with Gasteiger partial charge in [0.05, 0.1) is 0 Å². The SMILES string of the molecule is O=C(Nc1ccc(N2CCN(c3ccccn3)CC2)nn1)C1CCOCC1. The molecule has 2 saturated heterocycles. The number of hydrogen-bond acceptors (Lipinski definition) is 7. The van der Waals surface area contributed by atoms with Crippen molar-refractivity contribution >= 4 is 23.4 Å². The Bertz CT molecular complexity index is 741. The third-order valence-corrected chi connectivity index (χ3v) is 5.07. The second-order valence-corrected chi connectivity index (χ2v) is 6.81. The lowest BCUT2D eigenvalue weighted by atomic mass is 9.99. The molecule has 1 N–H and O–H groups in total. The van der Waals surface area contributed by atoms with Gasteiger partial charge in [0, 0.05) is 51.5 Å². The van der Waals surface area contributed by atoms with Crippen molar-refractivity contribution in [3.63, 3.8) is 0 Å². The molecule has 0 bridgehead atoms. The first kappa shape index (κ1) is 17.7. The van der Waals surface area contributed by atoms with Crippen LogP contribution in [-0.2, 0) is 9.53 Å². The first-order valence-electron chi connectivity index (χ1n) is 9.43. The van der Waals surface area contributed by atoms with Crippen LogP contribution < -0.4 is 15.1 Å². The Labute approximate surface area is 158 Å². The summed E-state index contributed by atoms with van der Waals surface area (Å²) in [5, 5.41) is 11.4. The number of piperazine rings is 1. The molecule has 2 aliphatic rings. The van der Waals surface area contributed by atoms with Gasteiger partial charge in [-0.05, 0) is 37.1 Å². The van der Waals surface area contributed by atoms with E-state index in [0.29, 0.717) is 19.0 Å². The highest BCUT2D eigenvalue weighted by Gasteiger charge is 2.22. The molecule has 0 atom stereocenters. The lowest BCUT2D eigenvalue weighted by Crippen LogP contribution is -2.47. The quantitative estimate of drug-likeness (QED) is 0.877. The number of aromatic nitrogens is 3. The maximum absolute atomic E-state index is 12.3. The van der Waals surface area contributed by atoms with E-state index >= 15 is 0 Å². The Morgan fingerprint density at radius 3 is 2.33 bits per heavy atom. The van der Waals surface area contributed by atoms with Gasteiger partial charge in [0.1, 0.15) is 5.82 Å². The summed E-state index contributed by atoms with van der Waals surface area (Å²) >= 11 is 0. The van der Waals surface area contributed by atoms with E-state index < -0.39 is 0 Å². The number of ether oxygens (including phenoxy) is 1. The number of amides is 1. The van der Waals surface area contributed by atoms with Crippen LogP contribution in [0.4, 0.5) is 17.5 Å². The summed E-state index contributed by atoms with van der Waals surface area (Å²) < 4.78 is 5.30. The van der Waals surface area contributed by atoms with Gasteiger partial charge in [0.25, 0.3) is 0 Å². The van der Waals surface area contributed by atoms with Gasteiger partial charge in [-0.15, -0.1) is 10.2 Å². The highest BCUT2D eigenvalue weighted by molar-refractivity contribution is 5.91. The van der Waals surface area contributed by atoms with E-state index in [1.54, 1.807) is 0 Å². The fourth-order valence-electron chi connectivity index (χ4n) is 3.45. The standard InChI is InChI=1S/C19H24N6O2/c26-19(15-6-13-27-14-7-15)21-16-4-5-18(23-22-16)25-11-9-24(10-12-25)17-3-1-2-8-20-17/h1-5,8,15H,6-7,9-14H2,(H,21,22,26). The minimum Gasteiger partial charge on any atom is -0.381 e. The molecule has 4 rings (SSSR count). The number of carbonyl (C=O) groups excluding carboxylic acids is 1. The topological polar surface area (TPSA) is 83.5 Å². The van der Waals surface area contributed by atoms with E-state index in [0.717, 1.165) is 50.7 Å². The number of anilines is 3. The molecule has 0 aromatic carbocycles. The summed E-state index contributed by atoms with van der Waals surface area (Å²) in [5.41, 5.74) is 0. The second kappa shape index (κ2) is 8.30. The fraction of sp³-hybridized carbons (Fsp3) is 0.474. The minimum atomic E-state index is -0.0000926. The van der Waals surface area contributed by atoms with Gasteiger partial charge in [0.2, 0.25) is 5.91 Å². The van der Waals surface area contributed by atoms with E-state index in [-0.39, 0.29) is 11.8 Å². The number of nitrogens with one attached hydrogen (secondary N) is 1. The van der Waals surface area contributed by atoms with Crippen LogP contribution in [0.2, 0.25) is 0 Å². The normalized spacial score (nSPS) is 18.4. The zero-order valence-electron chi connectivity index (χ0n) is 15.3. The van der Waals surface area contributed by atoms with Crippen LogP contribution in [0.25, 0.3) is 0 Å². The van der Waals surface area contributed by atoms with Crippen molar-refractivity contribution in [1.82, 2.24) is 15.2 Å². The first-order valence-corrected chi connectivity index (χ1v) is 9.43. The number of nitrogens with zero attached hydrogens (tertiary/aromatic N) is 5. The molecule has 0 aliphatic carbocycles. The highest BCUT2D eigenvalue weighted by Crippen LogP contribution is 2.19. The largest absolute Gasteiger partial charge is 0.381 e. The molecule has 2 aliphatic heterocycles. The molecule has 0 unspecified atom stereocenters. The Hall–Kier alpha value is -2.74. The Balaban J connectivity index is 1.31. The van der Waals surface area contributed by atoms with Gasteiger partial charge in [-0.1, -0.05) is 6.07 Å². The Morgan fingerprint density at radius 1 is 0.963 bits per heavy atom. The number of hydrogen-bond donors (Lipinski definition) is 1. The molecule has 142 valence electrons. The predicted octanol–water partition coefficient (Wildman–Crippen LogP) is 1.56. The summed E-state index contributed by atoms with van der Waals surface area (Å²) in [4.78, 5) is 21.2. The fourth-order valence-corrected chi connectivity index (χ4v) is 3.45. The molecule has 2 aromatic rings. The average Bonchev–Trinajstić information content (AvgIpc) is 2.76. The summed E-state index contributed by atoms with van der Waals surface area (Å²) in [6.45, 7) is 4.79. The van der Waals surface area contributed by atoms with Crippen LogP contribution in [0.15, 0.2) is 36.5 Å². The maximum Gasteiger partial charge on any atom is 0.228 e. The minimum absolute atomic E-state index is 0.0000926. The van der Waals surface area contributed by atoms with E-state index in [4.69, 9.17) is 4.74 Å². The molecule has 0 saturated carbocycles. The monoisotopic (exact) mass is 368 g/mol. The van der Waals surface area contributed by atoms with Crippen LogP contribution in [0.1, 0.15) is 12.8 Å². The maximum atomic E-state index is 12.3. The average molecular weight is 368 g/mol. The molecule has 0 spiro atoms. The van der Waals surface area contributed by atoms with Crippen molar-refractivity contribution in [3.8, 4) is 0 Å². The summed E-state index contributed by atoms with van der Waals surface area (Å²) in [7, 11) is 0. The zero-order chi connectivity index (χ0) is 18.5. The second-order valence-electron chi connectivity index (χ2n) is 6.81.